The summed E-state index contributed by atoms with van der Waals surface area (Å²) in [6.45, 7) is 6.37. The predicted molar refractivity (Wildman–Crippen MR) is 75.2 cm³/mol. The minimum atomic E-state index is 0.957. The van der Waals surface area contributed by atoms with Gasteiger partial charge in [-0.25, -0.2) is 0 Å². The molecule has 0 aliphatic carbocycles. The lowest BCUT2D eigenvalue weighted by Crippen LogP contribution is -2.24. The summed E-state index contributed by atoms with van der Waals surface area (Å²) in [7, 11) is 0. The van der Waals surface area contributed by atoms with Gasteiger partial charge in [-0.3, -0.25) is 4.79 Å². The van der Waals surface area contributed by atoms with E-state index in [2.05, 4.69) is 13.8 Å². The number of rotatable bonds is 13. The van der Waals surface area contributed by atoms with E-state index in [1.54, 1.807) is 0 Å². The molecule has 0 N–H and O–H groups in total. The second kappa shape index (κ2) is 13.5. The quantitative estimate of drug-likeness (QED) is 0.346. The highest BCUT2D eigenvalue weighted by Crippen LogP contribution is 2.06. The van der Waals surface area contributed by atoms with Gasteiger partial charge in [-0.1, -0.05) is 65.2 Å². The lowest BCUT2D eigenvalue weighted by atomic mass is 10.1. The van der Waals surface area contributed by atoms with Crippen LogP contribution in [0.4, 0.5) is 0 Å². The minimum absolute atomic E-state index is 0.957. The summed E-state index contributed by atoms with van der Waals surface area (Å²) in [6.07, 6.45) is 13.8. The largest absolute Gasteiger partial charge is 0.345 e. The van der Waals surface area contributed by atoms with Gasteiger partial charge >= 0.3 is 0 Å². The van der Waals surface area contributed by atoms with Crippen molar-refractivity contribution in [3.8, 4) is 0 Å². The van der Waals surface area contributed by atoms with Gasteiger partial charge in [0.25, 0.3) is 0 Å². The molecule has 17 heavy (non-hydrogen) atoms. The normalized spacial score (nSPS) is 10.5. The van der Waals surface area contributed by atoms with Crippen molar-refractivity contribution in [3.63, 3.8) is 0 Å². The first-order chi connectivity index (χ1) is 8.35. The maximum atomic E-state index is 10.9. The zero-order valence-electron chi connectivity index (χ0n) is 11.9. The van der Waals surface area contributed by atoms with Crippen molar-refractivity contribution in [2.45, 2.75) is 78.1 Å². The topological polar surface area (TPSA) is 20.3 Å². The molecule has 0 atom stereocenters. The van der Waals surface area contributed by atoms with Crippen LogP contribution in [0.3, 0.4) is 0 Å². The fourth-order valence-electron chi connectivity index (χ4n) is 2.05. The number of carbonyl (C=O) groups is 1. The smallest absolute Gasteiger partial charge is 0.209 e. The number of amides is 1. The number of carbonyl (C=O) groups excluding carboxylic acids is 1. The van der Waals surface area contributed by atoms with E-state index in [1.165, 1.54) is 64.2 Å². The van der Waals surface area contributed by atoms with Crippen molar-refractivity contribution in [1.29, 1.82) is 0 Å². The van der Waals surface area contributed by atoms with Gasteiger partial charge in [0.2, 0.25) is 6.41 Å². The van der Waals surface area contributed by atoms with Gasteiger partial charge in [0.1, 0.15) is 0 Å². The SMILES string of the molecule is CCCCCCCCN(C=O)CCCCCC. The van der Waals surface area contributed by atoms with E-state index >= 15 is 0 Å². The first-order valence-corrected chi connectivity index (χ1v) is 7.54. The van der Waals surface area contributed by atoms with Gasteiger partial charge in [0, 0.05) is 13.1 Å². The van der Waals surface area contributed by atoms with Crippen LogP contribution in [0.5, 0.6) is 0 Å². The van der Waals surface area contributed by atoms with E-state index in [4.69, 9.17) is 0 Å². The van der Waals surface area contributed by atoms with Gasteiger partial charge in [-0.05, 0) is 12.8 Å². The van der Waals surface area contributed by atoms with E-state index in [0.717, 1.165) is 19.5 Å². The molecule has 2 heteroatoms. The molecule has 0 aromatic rings. The summed E-state index contributed by atoms with van der Waals surface area (Å²) >= 11 is 0. The summed E-state index contributed by atoms with van der Waals surface area (Å²) in [5.41, 5.74) is 0. The number of nitrogens with zero attached hydrogens (tertiary/aromatic N) is 1. The number of unbranched alkanes of at least 4 members (excludes halogenated alkanes) is 8. The summed E-state index contributed by atoms with van der Waals surface area (Å²) in [6, 6.07) is 0. The predicted octanol–water partition coefficient (Wildman–Crippen LogP) is 4.39. The molecule has 0 unspecified atom stereocenters. The highest BCUT2D eigenvalue weighted by atomic mass is 16.1. The van der Waals surface area contributed by atoms with Crippen molar-refractivity contribution >= 4 is 6.41 Å². The van der Waals surface area contributed by atoms with Crippen LogP contribution in [0.25, 0.3) is 0 Å². The molecule has 1 amide bonds. The van der Waals surface area contributed by atoms with E-state index in [0.29, 0.717) is 0 Å². The Morgan fingerprint density at radius 2 is 1.12 bits per heavy atom. The molecular weight excluding hydrogens is 210 g/mol. The third kappa shape index (κ3) is 11.7. The molecule has 0 saturated carbocycles. The molecule has 0 spiro atoms. The first-order valence-electron chi connectivity index (χ1n) is 7.54. The van der Waals surface area contributed by atoms with E-state index < -0.39 is 0 Å². The van der Waals surface area contributed by atoms with Crippen molar-refractivity contribution in [1.82, 2.24) is 4.90 Å². The fraction of sp³-hybridized carbons (Fsp3) is 0.933. The summed E-state index contributed by atoms with van der Waals surface area (Å²) in [5.74, 6) is 0. The molecule has 0 saturated heterocycles. The van der Waals surface area contributed by atoms with Crippen molar-refractivity contribution in [3.05, 3.63) is 0 Å². The Balaban J connectivity index is 3.32. The number of hydrogen-bond acceptors (Lipinski definition) is 1. The molecule has 0 bridgehead atoms. The molecule has 0 aromatic carbocycles. The Morgan fingerprint density at radius 1 is 0.706 bits per heavy atom. The van der Waals surface area contributed by atoms with Crippen LogP contribution in [0.15, 0.2) is 0 Å². The van der Waals surface area contributed by atoms with Gasteiger partial charge < -0.3 is 4.90 Å². The first kappa shape index (κ1) is 16.5. The van der Waals surface area contributed by atoms with E-state index in [-0.39, 0.29) is 0 Å². The van der Waals surface area contributed by atoms with E-state index in [9.17, 15) is 4.79 Å². The lowest BCUT2D eigenvalue weighted by Gasteiger charge is -2.16. The zero-order valence-corrected chi connectivity index (χ0v) is 11.9. The van der Waals surface area contributed by atoms with Crippen LogP contribution in [0.2, 0.25) is 0 Å². The Bertz CT molecular complexity index is 159. The molecule has 0 heterocycles. The standard InChI is InChI=1S/C15H31NO/c1-3-5-7-9-10-12-14-16(15-17)13-11-8-6-4-2/h15H,3-14H2,1-2H3. The van der Waals surface area contributed by atoms with Gasteiger partial charge in [-0.2, -0.15) is 0 Å². The lowest BCUT2D eigenvalue weighted by molar-refractivity contribution is -0.118. The maximum Gasteiger partial charge on any atom is 0.209 e. The molecule has 0 rings (SSSR count). The third-order valence-corrected chi connectivity index (χ3v) is 3.25. The van der Waals surface area contributed by atoms with Crippen molar-refractivity contribution < 1.29 is 4.79 Å². The molecular formula is C15H31NO. The Labute approximate surface area is 108 Å². The summed E-state index contributed by atoms with van der Waals surface area (Å²) in [5, 5.41) is 0. The second-order valence-corrected chi connectivity index (χ2v) is 4.97. The van der Waals surface area contributed by atoms with Gasteiger partial charge in [0.05, 0.1) is 0 Å². The maximum absolute atomic E-state index is 10.9. The average molecular weight is 241 g/mol. The van der Waals surface area contributed by atoms with Crippen LogP contribution < -0.4 is 0 Å². The molecule has 2 nitrogen and oxygen atoms in total. The average Bonchev–Trinajstić information content (AvgIpc) is 2.36. The van der Waals surface area contributed by atoms with E-state index in [1.807, 2.05) is 4.90 Å². The monoisotopic (exact) mass is 241 g/mol. The molecule has 0 aliphatic heterocycles. The molecule has 0 radical (unpaired) electrons. The van der Waals surface area contributed by atoms with Crippen LogP contribution in [0.1, 0.15) is 78.1 Å². The Kier molecular flexibility index (Phi) is 13.1. The Hall–Kier alpha value is -0.530. The third-order valence-electron chi connectivity index (χ3n) is 3.25. The molecule has 0 aliphatic rings. The molecule has 102 valence electrons. The zero-order chi connectivity index (χ0) is 12.8. The van der Waals surface area contributed by atoms with Crippen LogP contribution >= 0.6 is 0 Å². The number of hydrogen-bond donors (Lipinski definition) is 0. The van der Waals surface area contributed by atoms with Gasteiger partial charge in [-0.15, -0.1) is 0 Å². The minimum Gasteiger partial charge on any atom is -0.345 e. The molecule has 0 fully saturated rings. The van der Waals surface area contributed by atoms with Crippen LogP contribution in [-0.4, -0.2) is 24.4 Å². The second-order valence-electron chi connectivity index (χ2n) is 4.97. The van der Waals surface area contributed by atoms with Crippen molar-refractivity contribution in [2.24, 2.45) is 0 Å². The van der Waals surface area contributed by atoms with Gasteiger partial charge in [0.15, 0.2) is 0 Å². The highest BCUT2D eigenvalue weighted by Gasteiger charge is 2.00. The molecule has 0 aromatic heterocycles. The fourth-order valence-corrected chi connectivity index (χ4v) is 2.05. The summed E-state index contributed by atoms with van der Waals surface area (Å²) in [4.78, 5) is 12.8. The van der Waals surface area contributed by atoms with Crippen LogP contribution in [-0.2, 0) is 4.79 Å². The highest BCUT2D eigenvalue weighted by molar-refractivity contribution is 5.46. The van der Waals surface area contributed by atoms with Crippen molar-refractivity contribution in [2.75, 3.05) is 13.1 Å². The Morgan fingerprint density at radius 3 is 1.59 bits per heavy atom. The summed E-state index contributed by atoms with van der Waals surface area (Å²) < 4.78 is 0. The van der Waals surface area contributed by atoms with Crippen LogP contribution in [0, 0.1) is 0 Å².